The SMILES string of the molecule is CCC(=O)SCC[N+](C)(C)C.CCC(=O)SCC[N+](CC)(CC)CC.CCCC[N+](CC)(CCC)CCSC(=O)CC.CCC[N+](CC)(CCC)CCSC(=O)CC. The third-order valence-electron chi connectivity index (χ3n) is 11.1. The van der Waals surface area contributed by atoms with E-state index in [1.165, 1.54) is 147 Å². The van der Waals surface area contributed by atoms with Crippen LogP contribution in [0.1, 0.15) is 148 Å². The molecule has 58 heavy (non-hydrogen) atoms. The lowest BCUT2D eigenvalue weighted by atomic mass is 10.2. The second-order valence-electron chi connectivity index (χ2n) is 16.3. The fourth-order valence-electron chi connectivity index (χ4n) is 6.58. The summed E-state index contributed by atoms with van der Waals surface area (Å²) in [7, 11) is 6.41. The minimum Gasteiger partial charge on any atom is -0.330 e. The smallest absolute Gasteiger partial charge is 0.188 e. The largest absolute Gasteiger partial charge is 0.330 e. The number of quaternary nitrogens is 4. The Bertz CT molecular complexity index is 994. The van der Waals surface area contributed by atoms with E-state index in [0.717, 1.165) is 58.2 Å². The van der Waals surface area contributed by atoms with Crippen molar-refractivity contribution < 1.29 is 37.1 Å². The molecule has 0 aliphatic carbocycles. The maximum Gasteiger partial charge on any atom is 0.188 e. The highest BCUT2D eigenvalue weighted by molar-refractivity contribution is 8.14. The molecule has 0 aromatic carbocycles. The monoisotopic (exact) mass is 901 g/mol. The van der Waals surface area contributed by atoms with E-state index >= 15 is 0 Å². The molecule has 348 valence electrons. The average Bonchev–Trinajstić information content (AvgIpc) is 3.21. The van der Waals surface area contributed by atoms with E-state index in [0.29, 0.717) is 46.1 Å². The van der Waals surface area contributed by atoms with E-state index in [1.54, 1.807) is 0 Å². The lowest BCUT2D eigenvalue weighted by Gasteiger charge is -2.37. The van der Waals surface area contributed by atoms with Crippen LogP contribution in [0.5, 0.6) is 0 Å². The van der Waals surface area contributed by atoms with Gasteiger partial charge in [-0.1, -0.05) is 109 Å². The number of rotatable bonds is 30. The van der Waals surface area contributed by atoms with Gasteiger partial charge >= 0.3 is 0 Å². The molecular weight excluding hydrogens is 801 g/mol. The minimum absolute atomic E-state index is 0.304. The Kier molecular flexibility index (Phi) is 45.6. The maximum atomic E-state index is 11.3. The van der Waals surface area contributed by atoms with Gasteiger partial charge in [-0.15, -0.1) is 0 Å². The predicted molar refractivity (Wildman–Crippen MR) is 267 cm³/mol. The van der Waals surface area contributed by atoms with Crippen LogP contribution >= 0.6 is 47.0 Å². The molecule has 0 bridgehead atoms. The molecule has 12 heteroatoms. The van der Waals surface area contributed by atoms with E-state index in [2.05, 4.69) is 83.5 Å². The van der Waals surface area contributed by atoms with Crippen LogP contribution in [0.15, 0.2) is 0 Å². The van der Waals surface area contributed by atoms with Gasteiger partial charge in [0, 0.05) is 25.7 Å². The van der Waals surface area contributed by atoms with Crippen LogP contribution in [-0.2, 0) is 19.2 Å². The van der Waals surface area contributed by atoms with Crippen molar-refractivity contribution in [2.75, 3.05) is 129 Å². The molecule has 0 spiro atoms. The average molecular weight is 902 g/mol. The first-order chi connectivity index (χ1) is 27.4. The van der Waals surface area contributed by atoms with E-state index < -0.39 is 0 Å². The zero-order valence-corrected chi connectivity index (χ0v) is 44.7. The van der Waals surface area contributed by atoms with Crippen molar-refractivity contribution in [1.29, 1.82) is 0 Å². The summed E-state index contributed by atoms with van der Waals surface area (Å²) in [5, 5.41) is 1.30. The summed E-state index contributed by atoms with van der Waals surface area (Å²) in [6, 6.07) is 0. The molecule has 0 N–H and O–H groups in total. The number of carbonyl (C=O) groups excluding carboxylic acids is 4. The number of hydrogen-bond donors (Lipinski definition) is 0. The van der Waals surface area contributed by atoms with Gasteiger partial charge in [0.15, 0.2) is 20.5 Å². The molecule has 0 aliphatic heterocycles. The molecule has 1 atom stereocenters. The second-order valence-corrected chi connectivity index (χ2v) is 20.9. The molecule has 0 saturated carbocycles. The van der Waals surface area contributed by atoms with Crippen LogP contribution in [-0.4, -0.2) is 168 Å². The van der Waals surface area contributed by atoms with Gasteiger partial charge in [-0.3, -0.25) is 19.2 Å². The summed E-state index contributed by atoms with van der Waals surface area (Å²) < 4.78 is 4.47. The van der Waals surface area contributed by atoms with Crippen LogP contribution in [0.2, 0.25) is 0 Å². The Morgan fingerprint density at radius 3 is 0.810 bits per heavy atom. The van der Waals surface area contributed by atoms with Crippen molar-refractivity contribution in [1.82, 2.24) is 0 Å². The molecule has 0 fully saturated rings. The Labute approximate surface area is 379 Å². The van der Waals surface area contributed by atoms with E-state index in [9.17, 15) is 19.2 Å². The van der Waals surface area contributed by atoms with E-state index in [-0.39, 0.29) is 0 Å². The van der Waals surface area contributed by atoms with Crippen molar-refractivity contribution in [3.05, 3.63) is 0 Å². The zero-order chi connectivity index (χ0) is 45.5. The fraction of sp³-hybridized carbons (Fsp3) is 0.913. The predicted octanol–water partition coefficient (Wildman–Crippen LogP) is 10.9. The zero-order valence-electron chi connectivity index (χ0n) is 41.4. The molecule has 1 unspecified atom stereocenters. The Balaban J connectivity index is -0.000000339. The van der Waals surface area contributed by atoms with E-state index in [1.807, 2.05) is 27.7 Å². The summed E-state index contributed by atoms with van der Waals surface area (Å²) in [6.07, 6.45) is 8.93. The molecule has 0 aromatic rings. The van der Waals surface area contributed by atoms with Crippen LogP contribution in [0, 0.1) is 0 Å². The standard InChI is InChI=1S/C14H30NOS.C13H28NOS.C11H24NOS.C8H18NOS/c1-5-9-11-15(8-4,10-6-2)12-13-17-14(16)7-3;1-5-9-14(8-4,10-6-2)11-12-16-13(15)7-3;1-5-11(13)14-10-9-12(6-2,7-3)8-4;1-5-8(10)11-7-6-9(2,3)4/h5-13H2,1-4H3;5-12H2,1-4H3;5-10H2,1-4H3;5-7H2,1-4H3/q4*+1. The van der Waals surface area contributed by atoms with Crippen molar-refractivity contribution in [3.63, 3.8) is 0 Å². The first-order valence-electron chi connectivity index (χ1n) is 23.3. The van der Waals surface area contributed by atoms with Gasteiger partial charge in [0.05, 0.1) is 129 Å². The summed E-state index contributed by atoms with van der Waals surface area (Å²) >= 11 is 5.98. The van der Waals surface area contributed by atoms with Crippen LogP contribution in [0.3, 0.4) is 0 Å². The normalized spacial score (nSPS) is 12.6. The molecule has 0 heterocycles. The Morgan fingerprint density at radius 2 is 0.586 bits per heavy atom. The third kappa shape index (κ3) is 36.6. The number of hydrogen-bond acceptors (Lipinski definition) is 8. The number of thioether (sulfide) groups is 4. The summed E-state index contributed by atoms with van der Waals surface area (Å²) in [5.41, 5.74) is 0. The lowest BCUT2D eigenvalue weighted by molar-refractivity contribution is -0.924. The third-order valence-corrected chi connectivity index (χ3v) is 15.1. The van der Waals surface area contributed by atoms with Gasteiger partial charge in [-0.05, 0) is 60.3 Å². The molecule has 0 radical (unpaired) electrons. The molecule has 0 aromatic heterocycles. The number of nitrogens with zero attached hydrogens (tertiary/aromatic N) is 4. The second kappa shape index (κ2) is 41.0. The summed E-state index contributed by atoms with van der Waals surface area (Å²) in [5.74, 6) is 3.89. The topological polar surface area (TPSA) is 68.3 Å². The van der Waals surface area contributed by atoms with Crippen molar-refractivity contribution in [2.24, 2.45) is 0 Å². The molecule has 0 saturated heterocycles. The molecule has 0 amide bonds. The fourth-order valence-corrected chi connectivity index (χ4v) is 10.4. The number of unbranched alkanes of at least 4 members (excludes halogenated alkanes) is 1. The highest BCUT2D eigenvalue weighted by Gasteiger charge is 2.25. The van der Waals surface area contributed by atoms with Crippen LogP contribution in [0.4, 0.5) is 0 Å². The molecular formula is C46H100N4O4S4+4. The first-order valence-corrected chi connectivity index (χ1v) is 27.3. The van der Waals surface area contributed by atoms with Crippen LogP contribution in [0.25, 0.3) is 0 Å². The van der Waals surface area contributed by atoms with Crippen molar-refractivity contribution in [3.8, 4) is 0 Å². The highest BCUT2D eigenvalue weighted by atomic mass is 32.2. The van der Waals surface area contributed by atoms with E-state index in [4.69, 9.17) is 0 Å². The molecule has 8 nitrogen and oxygen atoms in total. The van der Waals surface area contributed by atoms with Crippen LogP contribution < -0.4 is 0 Å². The minimum atomic E-state index is 0.304. The highest BCUT2D eigenvalue weighted by Crippen LogP contribution is 2.16. The molecule has 0 rings (SSSR count). The van der Waals surface area contributed by atoms with Gasteiger partial charge in [0.1, 0.15) is 0 Å². The van der Waals surface area contributed by atoms with Gasteiger partial charge in [0.2, 0.25) is 0 Å². The van der Waals surface area contributed by atoms with Gasteiger partial charge in [0.25, 0.3) is 0 Å². The Hall–Kier alpha value is -0.0800. The van der Waals surface area contributed by atoms with Crippen molar-refractivity contribution >= 4 is 67.5 Å². The first kappa shape index (κ1) is 64.5. The summed E-state index contributed by atoms with van der Waals surface area (Å²) in [6.45, 7) is 43.5. The van der Waals surface area contributed by atoms with Gasteiger partial charge in [-0.2, -0.15) is 0 Å². The maximum absolute atomic E-state index is 11.3. The van der Waals surface area contributed by atoms with Gasteiger partial charge in [-0.25, -0.2) is 0 Å². The number of carbonyl (C=O) groups is 4. The Morgan fingerprint density at radius 1 is 0.328 bits per heavy atom. The van der Waals surface area contributed by atoms with Crippen molar-refractivity contribution in [2.45, 2.75) is 148 Å². The summed E-state index contributed by atoms with van der Waals surface area (Å²) in [4.78, 5) is 44.5. The molecule has 0 aliphatic rings. The van der Waals surface area contributed by atoms with Gasteiger partial charge < -0.3 is 17.9 Å². The quantitative estimate of drug-likeness (QED) is 0.0661. The lowest BCUT2D eigenvalue weighted by Crippen LogP contribution is -2.50.